The highest BCUT2D eigenvalue weighted by atomic mass is 127. The standard InChI is InChI=1S/C20H25N7S.HI/c1-25(2)18-13-15(16-5-3-4-6-17(16)24-18)14-23-19(21)26-8-10-27(11-9-26)20-22-7-12-28-20;/h3-7,12-13H,8-11,14H2,1-2H3,(H2,21,23);1H. The van der Waals surface area contributed by atoms with Crippen molar-refractivity contribution in [2.24, 2.45) is 10.7 Å². The second-order valence-electron chi connectivity index (χ2n) is 7.01. The Kier molecular flexibility index (Phi) is 7.12. The summed E-state index contributed by atoms with van der Waals surface area (Å²) in [6.45, 7) is 4.08. The van der Waals surface area contributed by atoms with Crippen LogP contribution < -0.4 is 15.5 Å². The number of aromatic nitrogens is 2. The molecule has 7 nitrogen and oxygen atoms in total. The number of hydrogen-bond acceptors (Lipinski definition) is 6. The molecule has 0 saturated carbocycles. The summed E-state index contributed by atoms with van der Waals surface area (Å²) < 4.78 is 0. The van der Waals surface area contributed by atoms with Crippen LogP contribution in [0.4, 0.5) is 10.9 Å². The zero-order valence-corrected chi connectivity index (χ0v) is 19.8. The quantitative estimate of drug-likeness (QED) is 0.322. The SMILES string of the molecule is CN(C)c1cc(CN=C(N)N2CCN(c3nccs3)CC2)c2ccccc2n1.I. The van der Waals surface area contributed by atoms with Crippen LogP contribution in [0.2, 0.25) is 0 Å². The number of benzene rings is 1. The zero-order chi connectivity index (χ0) is 19.5. The fourth-order valence-corrected chi connectivity index (χ4v) is 4.05. The van der Waals surface area contributed by atoms with E-state index in [-0.39, 0.29) is 24.0 Å². The monoisotopic (exact) mass is 523 g/mol. The Morgan fingerprint density at radius 3 is 2.66 bits per heavy atom. The first-order valence-electron chi connectivity index (χ1n) is 9.37. The van der Waals surface area contributed by atoms with Gasteiger partial charge < -0.3 is 20.4 Å². The van der Waals surface area contributed by atoms with Gasteiger partial charge in [-0.1, -0.05) is 18.2 Å². The predicted molar refractivity (Wildman–Crippen MR) is 133 cm³/mol. The van der Waals surface area contributed by atoms with Crippen molar-refractivity contribution in [1.29, 1.82) is 0 Å². The summed E-state index contributed by atoms with van der Waals surface area (Å²) in [5.41, 5.74) is 8.44. The van der Waals surface area contributed by atoms with Crippen molar-refractivity contribution in [2.75, 3.05) is 50.1 Å². The van der Waals surface area contributed by atoms with Gasteiger partial charge in [-0.15, -0.1) is 35.3 Å². The van der Waals surface area contributed by atoms with Gasteiger partial charge in [0.25, 0.3) is 0 Å². The van der Waals surface area contributed by atoms with Crippen LogP contribution in [0, 0.1) is 0 Å². The van der Waals surface area contributed by atoms with Gasteiger partial charge in [0.05, 0.1) is 12.1 Å². The van der Waals surface area contributed by atoms with Crippen molar-refractivity contribution in [3.05, 3.63) is 47.5 Å². The van der Waals surface area contributed by atoms with Gasteiger partial charge in [0.1, 0.15) is 5.82 Å². The highest BCUT2D eigenvalue weighted by Crippen LogP contribution is 2.23. The molecule has 29 heavy (non-hydrogen) atoms. The molecule has 1 aliphatic rings. The Balaban J connectivity index is 0.00000240. The molecule has 2 aromatic heterocycles. The van der Waals surface area contributed by atoms with Crippen LogP contribution in [0.1, 0.15) is 5.56 Å². The van der Waals surface area contributed by atoms with E-state index in [4.69, 9.17) is 15.7 Å². The molecule has 0 radical (unpaired) electrons. The third kappa shape index (κ3) is 4.89. The molecule has 0 spiro atoms. The van der Waals surface area contributed by atoms with Crippen LogP contribution in [0.5, 0.6) is 0 Å². The first kappa shape index (κ1) is 21.6. The number of guanidine groups is 1. The fraction of sp³-hybridized carbons (Fsp3) is 0.350. The molecule has 0 unspecified atom stereocenters. The van der Waals surface area contributed by atoms with Crippen molar-refractivity contribution in [3.8, 4) is 0 Å². The molecule has 1 aromatic carbocycles. The Bertz CT molecular complexity index is 966. The Morgan fingerprint density at radius 2 is 1.97 bits per heavy atom. The van der Waals surface area contributed by atoms with E-state index in [1.165, 1.54) is 0 Å². The lowest BCUT2D eigenvalue weighted by Gasteiger charge is -2.35. The summed E-state index contributed by atoms with van der Waals surface area (Å²) in [4.78, 5) is 20.3. The van der Waals surface area contributed by atoms with Crippen LogP contribution in [0.15, 0.2) is 46.9 Å². The number of hydrogen-bond donors (Lipinski definition) is 1. The molecular weight excluding hydrogens is 497 g/mol. The summed E-state index contributed by atoms with van der Waals surface area (Å²) in [7, 11) is 4.00. The van der Waals surface area contributed by atoms with Crippen LogP contribution in [-0.4, -0.2) is 61.1 Å². The summed E-state index contributed by atoms with van der Waals surface area (Å²) in [5.74, 6) is 1.53. The molecule has 3 heterocycles. The van der Waals surface area contributed by atoms with Crippen LogP contribution in [-0.2, 0) is 6.54 Å². The van der Waals surface area contributed by atoms with Crippen LogP contribution in [0.3, 0.4) is 0 Å². The molecule has 1 aliphatic heterocycles. The van der Waals surface area contributed by atoms with Gasteiger partial charge in [-0.3, -0.25) is 0 Å². The molecule has 3 aromatic rings. The van der Waals surface area contributed by atoms with Crippen molar-refractivity contribution in [2.45, 2.75) is 6.54 Å². The van der Waals surface area contributed by atoms with Gasteiger partial charge in [0.15, 0.2) is 11.1 Å². The van der Waals surface area contributed by atoms with Gasteiger partial charge in [-0.25, -0.2) is 15.0 Å². The topological polar surface area (TPSA) is 73.9 Å². The molecule has 4 rings (SSSR count). The molecule has 9 heteroatoms. The molecule has 0 amide bonds. The van der Waals surface area contributed by atoms with Crippen molar-refractivity contribution >= 4 is 63.1 Å². The van der Waals surface area contributed by atoms with Gasteiger partial charge in [0, 0.05) is 57.2 Å². The number of para-hydroxylation sites is 1. The lowest BCUT2D eigenvalue weighted by Crippen LogP contribution is -2.51. The first-order chi connectivity index (χ1) is 13.6. The molecule has 0 bridgehead atoms. The number of nitrogens with two attached hydrogens (primary N) is 1. The molecular formula is C20H26IN7S. The van der Waals surface area contributed by atoms with Crippen molar-refractivity contribution in [1.82, 2.24) is 14.9 Å². The number of thiazole rings is 1. The number of pyridine rings is 1. The van der Waals surface area contributed by atoms with Crippen LogP contribution >= 0.6 is 35.3 Å². The Labute approximate surface area is 192 Å². The normalized spacial score (nSPS) is 14.8. The highest BCUT2D eigenvalue weighted by molar-refractivity contribution is 14.0. The Morgan fingerprint density at radius 1 is 1.21 bits per heavy atom. The van der Waals surface area contributed by atoms with Gasteiger partial charge in [-0.2, -0.15) is 0 Å². The van der Waals surface area contributed by atoms with E-state index >= 15 is 0 Å². The maximum Gasteiger partial charge on any atom is 0.191 e. The highest BCUT2D eigenvalue weighted by Gasteiger charge is 2.19. The molecule has 0 atom stereocenters. The number of nitrogens with zero attached hydrogens (tertiary/aromatic N) is 6. The second kappa shape index (κ2) is 9.57. The number of rotatable bonds is 4. The molecule has 1 fully saturated rings. The minimum absolute atomic E-state index is 0. The lowest BCUT2D eigenvalue weighted by atomic mass is 10.1. The lowest BCUT2D eigenvalue weighted by molar-refractivity contribution is 0.380. The maximum absolute atomic E-state index is 6.32. The van der Waals surface area contributed by atoms with E-state index in [1.807, 2.05) is 48.8 Å². The van der Waals surface area contributed by atoms with Crippen molar-refractivity contribution < 1.29 is 0 Å². The Hall–Kier alpha value is -2.14. The molecule has 1 saturated heterocycles. The average Bonchev–Trinajstić information content (AvgIpc) is 3.26. The number of piperazine rings is 1. The number of halogens is 1. The van der Waals surface area contributed by atoms with E-state index in [1.54, 1.807) is 11.3 Å². The molecule has 2 N–H and O–H groups in total. The van der Waals surface area contributed by atoms with Gasteiger partial charge >= 0.3 is 0 Å². The van der Waals surface area contributed by atoms with E-state index in [0.717, 1.165) is 53.6 Å². The fourth-order valence-electron chi connectivity index (χ4n) is 3.36. The van der Waals surface area contributed by atoms with E-state index in [0.29, 0.717) is 12.5 Å². The van der Waals surface area contributed by atoms with Crippen LogP contribution in [0.25, 0.3) is 10.9 Å². The molecule has 0 aliphatic carbocycles. The van der Waals surface area contributed by atoms with E-state index in [9.17, 15) is 0 Å². The summed E-state index contributed by atoms with van der Waals surface area (Å²) in [5, 5.41) is 4.21. The van der Waals surface area contributed by atoms with Crippen molar-refractivity contribution in [3.63, 3.8) is 0 Å². The molecule has 154 valence electrons. The summed E-state index contributed by atoms with van der Waals surface area (Å²) in [6, 6.07) is 10.3. The van der Waals surface area contributed by atoms with E-state index < -0.39 is 0 Å². The van der Waals surface area contributed by atoms with Gasteiger partial charge in [-0.05, 0) is 17.7 Å². The minimum Gasteiger partial charge on any atom is -0.370 e. The average molecular weight is 523 g/mol. The number of fused-ring (bicyclic) bond motifs is 1. The first-order valence-corrected chi connectivity index (χ1v) is 10.2. The number of aliphatic imine (C=N–C) groups is 1. The van der Waals surface area contributed by atoms with Gasteiger partial charge in [0.2, 0.25) is 0 Å². The largest absolute Gasteiger partial charge is 0.370 e. The zero-order valence-electron chi connectivity index (χ0n) is 16.7. The summed E-state index contributed by atoms with van der Waals surface area (Å²) in [6.07, 6.45) is 1.85. The maximum atomic E-state index is 6.32. The second-order valence-corrected chi connectivity index (χ2v) is 7.89. The number of anilines is 2. The predicted octanol–water partition coefficient (Wildman–Crippen LogP) is 3.01. The minimum atomic E-state index is 0. The third-order valence-corrected chi connectivity index (χ3v) is 5.78. The third-order valence-electron chi connectivity index (χ3n) is 4.95. The summed E-state index contributed by atoms with van der Waals surface area (Å²) >= 11 is 1.68. The smallest absolute Gasteiger partial charge is 0.191 e. The van der Waals surface area contributed by atoms with E-state index in [2.05, 4.69) is 26.9 Å².